The summed E-state index contributed by atoms with van der Waals surface area (Å²) < 4.78 is 0. The molecule has 1 radical (unpaired) electrons. The molecule has 0 spiro atoms. The van der Waals surface area contributed by atoms with E-state index in [9.17, 15) is 0 Å². The molecule has 0 aliphatic heterocycles. The van der Waals surface area contributed by atoms with E-state index in [0.29, 0.717) is 12.1 Å². The maximum absolute atomic E-state index is 5.08. The van der Waals surface area contributed by atoms with Gasteiger partial charge in [0, 0.05) is 17.5 Å². The number of allylic oxidation sites excluding steroid dienone is 1. The Morgan fingerprint density at radius 2 is 2.50 bits per heavy atom. The fourth-order valence-corrected chi connectivity index (χ4v) is 0.278. The molecule has 0 saturated heterocycles. The summed E-state index contributed by atoms with van der Waals surface area (Å²) in [6, 6.07) is 0. The van der Waals surface area contributed by atoms with Crippen LogP contribution >= 0.6 is 12.2 Å². The third kappa shape index (κ3) is 3.63. The zero-order valence-corrected chi connectivity index (χ0v) is 4.22. The Hall–Kier alpha value is -0.370. The van der Waals surface area contributed by atoms with Gasteiger partial charge in [0.15, 0.2) is 0 Å². The van der Waals surface area contributed by atoms with E-state index in [1.54, 1.807) is 0 Å². The lowest BCUT2D eigenvalue weighted by molar-refractivity contribution is 1.26. The van der Waals surface area contributed by atoms with E-state index in [1.165, 1.54) is 0 Å². The summed E-state index contributed by atoms with van der Waals surface area (Å²) in [6.45, 7) is 3.39. The molecule has 33 valence electrons. The van der Waals surface area contributed by atoms with Gasteiger partial charge >= 0.3 is 0 Å². The number of rotatable bonds is 2. The van der Waals surface area contributed by atoms with Crippen molar-refractivity contribution < 1.29 is 0 Å². The summed E-state index contributed by atoms with van der Waals surface area (Å²) in [5.41, 5.74) is 5.65. The molecular formula is C4H6NS. The molecule has 0 amide bonds. The van der Waals surface area contributed by atoms with E-state index in [-0.39, 0.29) is 0 Å². The number of hydrogen-bond donors (Lipinski definition) is 1. The average Bonchev–Trinajstić information content (AvgIpc) is 1.35. The largest absolute Gasteiger partial charge is 0.402 e. The van der Waals surface area contributed by atoms with E-state index in [1.807, 2.05) is 0 Å². The molecule has 1 nitrogen and oxygen atoms in total. The van der Waals surface area contributed by atoms with E-state index >= 15 is 0 Å². The lowest BCUT2D eigenvalue weighted by Gasteiger charge is -1.82. The highest BCUT2D eigenvalue weighted by Gasteiger charge is 1.74. The Labute approximate surface area is 42.8 Å². The number of nitrogens with two attached hydrogens (primary N) is 1. The molecular weight excluding hydrogens is 94.1 g/mol. The SMILES string of the molecule is C=C(N)C[C]=S. The average molecular weight is 100 g/mol. The van der Waals surface area contributed by atoms with Gasteiger partial charge in [-0.2, -0.15) is 0 Å². The monoisotopic (exact) mass is 100 g/mol. The fraction of sp³-hybridized carbons (Fsp3) is 0.250. The van der Waals surface area contributed by atoms with Crippen LogP contribution in [-0.2, 0) is 0 Å². The van der Waals surface area contributed by atoms with Crippen LogP contribution in [0, 0.1) is 0 Å². The lowest BCUT2D eigenvalue weighted by atomic mass is 10.4. The van der Waals surface area contributed by atoms with Crippen molar-refractivity contribution in [2.45, 2.75) is 6.42 Å². The quantitative estimate of drug-likeness (QED) is 0.517. The van der Waals surface area contributed by atoms with Crippen molar-refractivity contribution in [2.24, 2.45) is 5.73 Å². The summed E-state index contributed by atoms with van der Waals surface area (Å²) in [4.78, 5) is 0. The van der Waals surface area contributed by atoms with E-state index in [2.05, 4.69) is 24.2 Å². The van der Waals surface area contributed by atoms with Crippen LogP contribution in [0.1, 0.15) is 6.42 Å². The van der Waals surface area contributed by atoms with Crippen molar-refractivity contribution in [3.05, 3.63) is 12.3 Å². The van der Waals surface area contributed by atoms with Crippen molar-refractivity contribution in [3.8, 4) is 0 Å². The minimum absolute atomic E-state index is 0.523. The highest BCUT2D eigenvalue weighted by Crippen LogP contribution is 1.79. The standard InChI is InChI=1S/C4H6NS/c1-4(5)2-3-6/h1-2,5H2. The number of thiocarbonyl (C=S) groups is 1. The van der Waals surface area contributed by atoms with Gasteiger partial charge in [0.25, 0.3) is 0 Å². The minimum atomic E-state index is 0.523. The van der Waals surface area contributed by atoms with Gasteiger partial charge in [0.2, 0.25) is 0 Å². The highest BCUT2D eigenvalue weighted by molar-refractivity contribution is 7.79. The molecule has 2 N–H and O–H groups in total. The van der Waals surface area contributed by atoms with Crippen LogP contribution in [0.5, 0.6) is 0 Å². The van der Waals surface area contributed by atoms with Crippen LogP contribution in [0.25, 0.3) is 0 Å². The third-order valence-corrected chi connectivity index (χ3v) is 0.444. The second-order valence-electron chi connectivity index (χ2n) is 0.979. The summed E-state index contributed by atoms with van der Waals surface area (Å²) in [6.07, 6.45) is 0.523. The van der Waals surface area contributed by atoms with Crippen molar-refractivity contribution in [1.82, 2.24) is 0 Å². The zero-order valence-electron chi connectivity index (χ0n) is 3.40. The molecule has 0 aromatic heterocycles. The van der Waals surface area contributed by atoms with E-state index in [0.717, 1.165) is 0 Å². The predicted molar refractivity (Wildman–Crippen MR) is 30.5 cm³/mol. The van der Waals surface area contributed by atoms with Crippen LogP contribution in [0.15, 0.2) is 12.3 Å². The first-order valence-electron chi connectivity index (χ1n) is 1.55. The second-order valence-corrected chi connectivity index (χ2v) is 1.27. The van der Waals surface area contributed by atoms with Gasteiger partial charge < -0.3 is 5.73 Å². The lowest BCUT2D eigenvalue weighted by Crippen LogP contribution is -1.92. The van der Waals surface area contributed by atoms with Crippen LogP contribution in [-0.4, -0.2) is 5.37 Å². The van der Waals surface area contributed by atoms with Crippen LogP contribution in [0.4, 0.5) is 0 Å². The van der Waals surface area contributed by atoms with Crippen LogP contribution in [0.3, 0.4) is 0 Å². The molecule has 0 bridgehead atoms. The second kappa shape index (κ2) is 2.85. The minimum Gasteiger partial charge on any atom is -0.402 e. The van der Waals surface area contributed by atoms with Crippen molar-refractivity contribution >= 4 is 17.6 Å². The molecule has 2 heteroatoms. The van der Waals surface area contributed by atoms with Gasteiger partial charge in [-0.3, -0.25) is 0 Å². The Bertz CT molecular complexity index is 67.9. The first kappa shape index (κ1) is 5.63. The van der Waals surface area contributed by atoms with Gasteiger partial charge in [-0.05, 0) is 0 Å². The molecule has 0 saturated carbocycles. The Morgan fingerprint density at radius 1 is 2.00 bits per heavy atom. The molecule has 0 aliphatic carbocycles. The first-order valence-corrected chi connectivity index (χ1v) is 1.96. The van der Waals surface area contributed by atoms with Crippen molar-refractivity contribution in [1.29, 1.82) is 0 Å². The van der Waals surface area contributed by atoms with Gasteiger partial charge in [-0.15, -0.1) is 0 Å². The topological polar surface area (TPSA) is 26.0 Å². The molecule has 0 aromatic carbocycles. The fourth-order valence-electron chi connectivity index (χ4n) is 0.0927. The van der Waals surface area contributed by atoms with Gasteiger partial charge in [-0.1, -0.05) is 18.8 Å². The van der Waals surface area contributed by atoms with Gasteiger partial charge in [-0.25, -0.2) is 0 Å². The van der Waals surface area contributed by atoms with E-state index in [4.69, 9.17) is 5.73 Å². The van der Waals surface area contributed by atoms with Crippen molar-refractivity contribution in [2.75, 3.05) is 0 Å². The van der Waals surface area contributed by atoms with Crippen LogP contribution in [0.2, 0.25) is 0 Å². The summed E-state index contributed by atoms with van der Waals surface area (Å²) in [5.74, 6) is 0. The summed E-state index contributed by atoms with van der Waals surface area (Å²) in [7, 11) is 0. The van der Waals surface area contributed by atoms with E-state index < -0.39 is 0 Å². The van der Waals surface area contributed by atoms with Crippen molar-refractivity contribution in [3.63, 3.8) is 0 Å². The Morgan fingerprint density at radius 3 is 2.50 bits per heavy atom. The molecule has 0 aromatic rings. The molecule has 0 fully saturated rings. The van der Waals surface area contributed by atoms with Crippen LogP contribution < -0.4 is 5.73 Å². The molecule has 0 heterocycles. The molecule has 0 aliphatic rings. The molecule has 6 heavy (non-hydrogen) atoms. The smallest absolute Gasteiger partial charge is 0.0353 e. The molecule has 0 rings (SSSR count). The summed E-state index contributed by atoms with van der Waals surface area (Å²) in [5, 5.41) is 2.43. The highest BCUT2D eigenvalue weighted by atomic mass is 32.1. The maximum Gasteiger partial charge on any atom is 0.0353 e. The maximum atomic E-state index is 5.08. The Balaban J connectivity index is 3.05. The summed E-state index contributed by atoms with van der Waals surface area (Å²) >= 11 is 4.34. The van der Waals surface area contributed by atoms with Gasteiger partial charge in [0.05, 0.1) is 0 Å². The van der Waals surface area contributed by atoms with Gasteiger partial charge in [0.1, 0.15) is 0 Å². The zero-order chi connectivity index (χ0) is 4.99. The third-order valence-electron chi connectivity index (χ3n) is 0.299. The molecule has 0 atom stereocenters. The predicted octanol–water partition coefficient (Wildman–Crippen LogP) is 0.726. The normalized spacial score (nSPS) is 7.33. The molecule has 0 unspecified atom stereocenters. The Kier molecular flexibility index (Phi) is 2.67. The first-order chi connectivity index (χ1) is 2.77. The number of hydrogen-bond acceptors (Lipinski definition) is 2.